The first-order chi connectivity index (χ1) is 10.2. The molecule has 0 bridgehead atoms. The van der Waals surface area contributed by atoms with Crippen molar-refractivity contribution in [1.82, 2.24) is 15.6 Å². The summed E-state index contributed by atoms with van der Waals surface area (Å²) in [5.41, 5.74) is 2.52. The summed E-state index contributed by atoms with van der Waals surface area (Å²) in [6.07, 6.45) is 0. The number of halogens is 1. The molecule has 0 aliphatic carbocycles. The van der Waals surface area contributed by atoms with Crippen LogP contribution in [0.3, 0.4) is 0 Å². The van der Waals surface area contributed by atoms with E-state index in [0.717, 1.165) is 11.4 Å². The zero-order valence-corrected chi connectivity index (χ0v) is 12.2. The molecule has 1 aromatic heterocycles. The van der Waals surface area contributed by atoms with Crippen LogP contribution in [0.4, 0.5) is 4.39 Å². The third kappa shape index (κ3) is 4.56. The van der Waals surface area contributed by atoms with Gasteiger partial charge in [0.25, 0.3) is 0 Å². The number of aliphatic imine (C=N–C) groups is 1. The second-order valence-electron chi connectivity index (χ2n) is 4.64. The molecular formula is C16H19FN4. The van der Waals surface area contributed by atoms with Crippen molar-refractivity contribution in [3.8, 4) is 0 Å². The number of aryl methyl sites for hydroxylation is 1. The Morgan fingerprint density at radius 1 is 1.10 bits per heavy atom. The Morgan fingerprint density at radius 2 is 1.86 bits per heavy atom. The lowest BCUT2D eigenvalue weighted by molar-refractivity contribution is 0.604. The smallest absolute Gasteiger partial charge is 0.191 e. The van der Waals surface area contributed by atoms with Gasteiger partial charge in [0.15, 0.2) is 5.96 Å². The minimum atomic E-state index is -0.221. The molecule has 0 fully saturated rings. The van der Waals surface area contributed by atoms with Crippen molar-refractivity contribution in [2.24, 2.45) is 4.99 Å². The fourth-order valence-electron chi connectivity index (χ4n) is 1.91. The lowest BCUT2D eigenvalue weighted by Crippen LogP contribution is -2.36. The summed E-state index contributed by atoms with van der Waals surface area (Å²) in [6.45, 7) is 2.90. The Kier molecular flexibility index (Phi) is 5.26. The van der Waals surface area contributed by atoms with E-state index in [2.05, 4.69) is 20.6 Å². The average Bonchev–Trinajstić information content (AvgIpc) is 2.49. The largest absolute Gasteiger partial charge is 0.352 e. The highest BCUT2D eigenvalue weighted by molar-refractivity contribution is 5.79. The van der Waals surface area contributed by atoms with Gasteiger partial charge < -0.3 is 10.6 Å². The second kappa shape index (κ2) is 7.38. The Hall–Kier alpha value is -2.43. The van der Waals surface area contributed by atoms with Gasteiger partial charge in [-0.25, -0.2) is 4.39 Å². The van der Waals surface area contributed by atoms with E-state index in [9.17, 15) is 4.39 Å². The Morgan fingerprint density at radius 3 is 2.57 bits per heavy atom. The van der Waals surface area contributed by atoms with Gasteiger partial charge in [-0.2, -0.15) is 0 Å². The summed E-state index contributed by atoms with van der Waals surface area (Å²) >= 11 is 0. The van der Waals surface area contributed by atoms with Crippen LogP contribution in [0.25, 0.3) is 0 Å². The Bertz CT molecular complexity index is 625. The van der Waals surface area contributed by atoms with Crippen LogP contribution in [0.2, 0.25) is 0 Å². The lowest BCUT2D eigenvalue weighted by atomic mass is 10.2. The molecule has 0 spiro atoms. The van der Waals surface area contributed by atoms with Gasteiger partial charge in [-0.3, -0.25) is 9.98 Å². The summed E-state index contributed by atoms with van der Waals surface area (Å²) in [6, 6.07) is 12.6. The molecule has 2 N–H and O–H groups in total. The first-order valence-electron chi connectivity index (χ1n) is 6.79. The molecule has 0 atom stereocenters. The van der Waals surface area contributed by atoms with Crippen molar-refractivity contribution in [2.45, 2.75) is 20.0 Å². The molecule has 0 amide bonds. The maximum Gasteiger partial charge on any atom is 0.191 e. The number of benzene rings is 1. The number of rotatable bonds is 4. The minimum absolute atomic E-state index is 0.221. The molecule has 2 rings (SSSR count). The number of hydrogen-bond acceptors (Lipinski definition) is 2. The van der Waals surface area contributed by atoms with Crippen molar-refractivity contribution >= 4 is 5.96 Å². The van der Waals surface area contributed by atoms with E-state index < -0.39 is 0 Å². The van der Waals surface area contributed by atoms with E-state index in [0.29, 0.717) is 24.6 Å². The van der Waals surface area contributed by atoms with E-state index >= 15 is 0 Å². The first-order valence-corrected chi connectivity index (χ1v) is 6.79. The predicted molar refractivity (Wildman–Crippen MR) is 82.4 cm³/mol. The zero-order valence-electron chi connectivity index (χ0n) is 12.2. The molecule has 0 radical (unpaired) electrons. The van der Waals surface area contributed by atoms with Gasteiger partial charge >= 0.3 is 0 Å². The van der Waals surface area contributed by atoms with E-state index in [1.165, 1.54) is 6.07 Å². The van der Waals surface area contributed by atoms with Crippen LogP contribution >= 0.6 is 0 Å². The van der Waals surface area contributed by atoms with Crippen molar-refractivity contribution in [1.29, 1.82) is 0 Å². The maximum atomic E-state index is 13.5. The van der Waals surface area contributed by atoms with E-state index in [4.69, 9.17) is 0 Å². The van der Waals surface area contributed by atoms with Gasteiger partial charge in [0, 0.05) is 24.8 Å². The van der Waals surface area contributed by atoms with Crippen LogP contribution in [-0.2, 0) is 13.1 Å². The number of pyridine rings is 1. The molecule has 2 aromatic rings. The molecular weight excluding hydrogens is 267 g/mol. The predicted octanol–water partition coefficient (Wildman–Crippen LogP) is 2.39. The van der Waals surface area contributed by atoms with Crippen molar-refractivity contribution in [2.75, 3.05) is 7.05 Å². The van der Waals surface area contributed by atoms with Crippen molar-refractivity contribution < 1.29 is 4.39 Å². The van der Waals surface area contributed by atoms with Crippen LogP contribution in [0.5, 0.6) is 0 Å². The lowest BCUT2D eigenvalue weighted by Gasteiger charge is -2.12. The molecule has 0 saturated carbocycles. The third-order valence-corrected chi connectivity index (χ3v) is 3.01. The molecule has 110 valence electrons. The number of nitrogens with one attached hydrogen (secondary N) is 2. The third-order valence-electron chi connectivity index (χ3n) is 3.01. The minimum Gasteiger partial charge on any atom is -0.352 e. The molecule has 1 heterocycles. The normalized spacial score (nSPS) is 11.3. The summed E-state index contributed by atoms with van der Waals surface area (Å²) in [5.74, 6) is 0.391. The molecule has 21 heavy (non-hydrogen) atoms. The maximum absolute atomic E-state index is 13.5. The highest BCUT2D eigenvalue weighted by Crippen LogP contribution is 2.05. The Labute approximate surface area is 124 Å². The molecule has 4 nitrogen and oxygen atoms in total. The van der Waals surface area contributed by atoms with Crippen molar-refractivity contribution in [3.63, 3.8) is 0 Å². The van der Waals surface area contributed by atoms with Crippen LogP contribution in [0.15, 0.2) is 47.5 Å². The first kappa shape index (κ1) is 15.0. The van der Waals surface area contributed by atoms with Gasteiger partial charge in [0.1, 0.15) is 5.82 Å². The standard InChI is InChI=1S/C16H19FN4/c1-12-6-5-8-14(21-12)11-20-16(18-2)19-10-13-7-3-4-9-15(13)17/h3-9H,10-11H2,1-2H3,(H2,18,19,20). The SMILES string of the molecule is CN=C(NCc1cccc(C)n1)NCc1ccccc1F. The average molecular weight is 286 g/mol. The molecule has 0 unspecified atom stereocenters. The van der Waals surface area contributed by atoms with Gasteiger partial charge in [-0.15, -0.1) is 0 Å². The summed E-state index contributed by atoms with van der Waals surface area (Å²) in [4.78, 5) is 8.52. The van der Waals surface area contributed by atoms with Gasteiger partial charge in [0.2, 0.25) is 0 Å². The highest BCUT2D eigenvalue weighted by atomic mass is 19.1. The summed E-state index contributed by atoms with van der Waals surface area (Å²) < 4.78 is 13.5. The summed E-state index contributed by atoms with van der Waals surface area (Å²) in [5, 5.41) is 6.24. The van der Waals surface area contributed by atoms with E-state index in [-0.39, 0.29) is 5.82 Å². The van der Waals surface area contributed by atoms with Crippen LogP contribution in [-0.4, -0.2) is 18.0 Å². The number of hydrogen-bond donors (Lipinski definition) is 2. The second-order valence-corrected chi connectivity index (χ2v) is 4.64. The van der Waals surface area contributed by atoms with Crippen molar-refractivity contribution in [3.05, 3.63) is 65.2 Å². The molecule has 1 aromatic carbocycles. The van der Waals surface area contributed by atoms with Crippen LogP contribution < -0.4 is 10.6 Å². The quantitative estimate of drug-likeness (QED) is 0.670. The van der Waals surface area contributed by atoms with Gasteiger partial charge in [-0.1, -0.05) is 24.3 Å². The number of nitrogens with zero attached hydrogens (tertiary/aromatic N) is 2. The Balaban J connectivity index is 1.88. The summed E-state index contributed by atoms with van der Waals surface area (Å²) in [7, 11) is 1.68. The molecule has 0 aliphatic rings. The number of guanidine groups is 1. The van der Waals surface area contributed by atoms with E-state index in [1.54, 1.807) is 19.2 Å². The molecule has 5 heteroatoms. The topological polar surface area (TPSA) is 49.3 Å². The fraction of sp³-hybridized carbons (Fsp3) is 0.250. The van der Waals surface area contributed by atoms with Gasteiger partial charge in [0.05, 0.1) is 12.2 Å². The number of aromatic nitrogens is 1. The van der Waals surface area contributed by atoms with Gasteiger partial charge in [-0.05, 0) is 25.1 Å². The molecule has 0 aliphatic heterocycles. The zero-order chi connectivity index (χ0) is 15.1. The monoisotopic (exact) mass is 286 g/mol. The highest BCUT2D eigenvalue weighted by Gasteiger charge is 2.03. The van der Waals surface area contributed by atoms with E-state index in [1.807, 2.05) is 31.2 Å². The fourth-order valence-corrected chi connectivity index (χ4v) is 1.91. The van der Waals surface area contributed by atoms with Crippen LogP contribution in [0, 0.1) is 12.7 Å². The van der Waals surface area contributed by atoms with Crippen LogP contribution in [0.1, 0.15) is 17.0 Å². The molecule has 0 saturated heterocycles.